The van der Waals surface area contributed by atoms with Gasteiger partial charge >= 0.3 is 19.8 Å². The van der Waals surface area contributed by atoms with Crippen LogP contribution in [0.4, 0.5) is 0 Å². The first-order valence-electron chi connectivity index (χ1n) is 24.1. The Hall–Kier alpha value is -1.67. The molecular formula is C47H87O13P. The van der Waals surface area contributed by atoms with E-state index in [4.69, 9.17) is 18.5 Å². The van der Waals surface area contributed by atoms with Crippen molar-refractivity contribution in [1.29, 1.82) is 0 Å². The molecule has 0 heterocycles. The predicted octanol–water partition coefficient (Wildman–Crippen LogP) is 9.62. The van der Waals surface area contributed by atoms with Crippen LogP contribution in [0.15, 0.2) is 24.3 Å². The summed E-state index contributed by atoms with van der Waals surface area (Å²) < 4.78 is 33.5. The molecular weight excluding hydrogens is 803 g/mol. The molecule has 0 aliphatic heterocycles. The van der Waals surface area contributed by atoms with Gasteiger partial charge in [-0.05, 0) is 64.2 Å². The molecule has 14 heteroatoms. The molecule has 1 fully saturated rings. The minimum atomic E-state index is -5.12. The highest BCUT2D eigenvalue weighted by molar-refractivity contribution is 7.47. The Morgan fingerprint density at radius 1 is 0.492 bits per heavy atom. The summed E-state index contributed by atoms with van der Waals surface area (Å²) in [4.78, 5) is 35.7. The molecule has 0 saturated heterocycles. The highest BCUT2D eigenvalue weighted by Crippen LogP contribution is 2.47. The Morgan fingerprint density at radius 3 is 1.25 bits per heavy atom. The molecule has 0 aromatic rings. The fourth-order valence-electron chi connectivity index (χ4n) is 7.34. The van der Waals surface area contributed by atoms with Crippen LogP contribution in [0.1, 0.15) is 206 Å². The molecule has 1 rings (SSSR count). The molecule has 61 heavy (non-hydrogen) atoms. The molecule has 6 N–H and O–H groups in total. The second-order valence-corrected chi connectivity index (χ2v) is 18.4. The number of rotatable bonds is 40. The number of hydrogen-bond donors (Lipinski definition) is 6. The van der Waals surface area contributed by atoms with E-state index in [0.717, 1.165) is 70.6 Å². The summed E-state index contributed by atoms with van der Waals surface area (Å²) in [6.45, 7) is 3.29. The molecule has 0 radical (unpaired) electrons. The van der Waals surface area contributed by atoms with E-state index < -0.39 is 75.7 Å². The molecule has 358 valence electrons. The largest absolute Gasteiger partial charge is 0.472 e. The van der Waals surface area contributed by atoms with Crippen LogP contribution < -0.4 is 0 Å². The third-order valence-electron chi connectivity index (χ3n) is 11.3. The Labute approximate surface area is 368 Å². The third-order valence-corrected chi connectivity index (χ3v) is 12.3. The van der Waals surface area contributed by atoms with Crippen molar-refractivity contribution in [3.63, 3.8) is 0 Å². The molecule has 1 saturated carbocycles. The Kier molecular flexibility index (Phi) is 35.4. The zero-order valence-corrected chi connectivity index (χ0v) is 38.9. The SMILES string of the molecule is CCCCCCCC/C=C/CCCCCCCCCC(=O)OC[C@@H](COP(=O)(O)OC1C(O)C(O)C(O)[C@H](O)C1O)OC(=O)CCCCCCC/C=C/CCCCCCCC. The van der Waals surface area contributed by atoms with Crippen LogP contribution in [-0.4, -0.2) is 98.3 Å². The van der Waals surface area contributed by atoms with Gasteiger partial charge in [-0.2, -0.15) is 0 Å². The van der Waals surface area contributed by atoms with E-state index in [9.17, 15) is 44.6 Å². The van der Waals surface area contributed by atoms with Gasteiger partial charge in [0.15, 0.2) is 6.10 Å². The summed E-state index contributed by atoms with van der Waals surface area (Å²) in [6, 6.07) is 0. The highest BCUT2D eigenvalue weighted by Gasteiger charge is 2.51. The van der Waals surface area contributed by atoms with Gasteiger partial charge in [-0.15, -0.1) is 0 Å². The number of carbonyl (C=O) groups excluding carboxylic acids is 2. The maximum atomic E-state index is 12.8. The lowest BCUT2D eigenvalue weighted by Gasteiger charge is -2.41. The van der Waals surface area contributed by atoms with Crippen molar-refractivity contribution in [3.05, 3.63) is 24.3 Å². The molecule has 0 aromatic heterocycles. The number of esters is 2. The van der Waals surface area contributed by atoms with Gasteiger partial charge in [0.2, 0.25) is 0 Å². The lowest BCUT2D eigenvalue weighted by Crippen LogP contribution is -2.64. The molecule has 0 bridgehead atoms. The third kappa shape index (κ3) is 30.2. The number of unbranched alkanes of at least 4 members (excludes halogenated alkanes) is 24. The number of phosphoric ester groups is 1. The number of allylic oxidation sites excluding steroid dienone is 4. The number of aliphatic hydroxyl groups excluding tert-OH is 5. The van der Waals surface area contributed by atoms with Crippen molar-refractivity contribution in [2.75, 3.05) is 13.2 Å². The van der Waals surface area contributed by atoms with E-state index in [-0.39, 0.29) is 12.8 Å². The van der Waals surface area contributed by atoms with Crippen molar-refractivity contribution in [2.45, 2.75) is 249 Å². The smallest absolute Gasteiger partial charge is 0.462 e. The summed E-state index contributed by atoms with van der Waals surface area (Å²) in [5, 5.41) is 50.2. The zero-order valence-electron chi connectivity index (χ0n) is 38.0. The van der Waals surface area contributed by atoms with Crippen LogP contribution in [0.5, 0.6) is 0 Å². The van der Waals surface area contributed by atoms with E-state index >= 15 is 0 Å². The van der Waals surface area contributed by atoms with Crippen LogP contribution in [0.2, 0.25) is 0 Å². The quantitative estimate of drug-likeness (QED) is 0.0147. The van der Waals surface area contributed by atoms with Crippen LogP contribution in [0.25, 0.3) is 0 Å². The summed E-state index contributed by atoms with van der Waals surface area (Å²) in [6.07, 6.45) is 28.0. The normalized spacial score (nSPS) is 22.2. The fourth-order valence-corrected chi connectivity index (χ4v) is 8.31. The van der Waals surface area contributed by atoms with E-state index in [2.05, 4.69) is 38.2 Å². The summed E-state index contributed by atoms with van der Waals surface area (Å²) in [5.74, 6) is -1.11. The van der Waals surface area contributed by atoms with Crippen LogP contribution in [0, 0.1) is 0 Å². The van der Waals surface area contributed by atoms with Crippen molar-refractivity contribution in [2.24, 2.45) is 0 Å². The van der Waals surface area contributed by atoms with Crippen LogP contribution >= 0.6 is 7.82 Å². The minimum absolute atomic E-state index is 0.0877. The first-order valence-corrected chi connectivity index (χ1v) is 25.6. The van der Waals surface area contributed by atoms with E-state index in [1.165, 1.54) is 96.3 Å². The first-order chi connectivity index (χ1) is 29.4. The molecule has 13 nitrogen and oxygen atoms in total. The first kappa shape index (κ1) is 57.3. The summed E-state index contributed by atoms with van der Waals surface area (Å²) >= 11 is 0. The monoisotopic (exact) mass is 891 g/mol. The fraction of sp³-hybridized carbons (Fsp3) is 0.872. The maximum Gasteiger partial charge on any atom is 0.472 e. The molecule has 8 atom stereocenters. The Balaban J connectivity index is 2.44. The molecule has 1 aliphatic rings. The maximum absolute atomic E-state index is 12.8. The summed E-state index contributed by atoms with van der Waals surface area (Å²) in [7, 11) is -5.12. The minimum Gasteiger partial charge on any atom is -0.462 e. The molecule has 0 spiro atoms. The number of hydrogen-bond acceptors (Lipinski definition) is 12. The standard InChI is InChI=1S/C47H87O13P/c1-3-5-7-9-11-13-15-17-19-20-22-23-25-27-29-31-33-35-40(48)57-37-39(38-58-61(55,56)60-47-45(53)43(51)42(50)44(52)46(47)54)59-41(49)36-34-32-30-28-26-24-21-18-16-14-12-10-8-6-4-2/h17-19,21,39,42-47,50-54H,3-16,20,22-38H2,1-2H3,(H,55,56)/b19-17+,21-18+/t39-,42?,43-,44?,45?,46?,47?/m0/s1. The van der Waals surface area contributed by atoms with Crippen LogP contribution in [-0.2, 0) is 32.7 Å². The average Bonchev–Trinajstić information content (AvgIpc) is 3.24. The lowest BCUT2D eigenvalue weighted by atomic mass is 9.85. The van der Waals surface area contributed by atoms with Gasteiger partial charge in [-0.3, -0.25) is 18.6 Å². The Morgan fingerprint density at radius 2 is 0.836 bits per heavy atom. The molecule has 6 unspecified atom stereocenters. The number of phosphoric acid groups is 1. The lowest BCUT2D eigenvalue weighted by molar-refractivity contribution is -0.220. The van der Waals surface area contributed by atoms with Gasteiger partial charge in [0.1, 0.15) is 43.2 Å². The topological polar surface area (TPSA) is 210 Å². The van der Waals surface area contributed by atoms with Crippen molar-refractivity contribution in [3.8, 4) is 0 Å². The van der Waals surface area contributed by atoms with Gasteiger partial charge < -0.3 is 39.9 Å². The number of aliphatic hydroxyl groups is 5. The van der Waals surface area contributed by atoms with Gasteiger partial charge in [-0.25, -0.2) is 4.57 Å². The van der Waals surface area contributed by atoms with E-state index in [1.54, 1.807) is 0 Å². The van der Waals surface area contributed by atoms with Crippen molar-refractivity contribution in [1.82, 2.24) is 0 Å². The van der Waals surface area contributed by atoms with Gasteiger partial charge in [0.05, 0.1) is 6.61 Å². The predicted molar refractivity (Wildman–Crippen MR) is 240 cm³/mol. The van der Waals surface area contributed by atoms with Gasteiger partial charge in [0.25, 0.3) is 0 Å². The van der Waals surface area contributed by atoms with Crippen LogP contribution in [0.3, 0.4) is 0 Å². The van der Waals surface area contributed by atoms with Gasteiger partial charge in [-0.1, -0.05) is 154 Å². The second kappa shape index (κ2) is 37.7. The van der Waals surface area contributed by atoms with E-state index in [0.29, 0.717) is 12.8 Å². The van der Waals surface area contributed by atoms with Crippen molar-refractivity contribution >= 4 is 19.8 Å². The zero-order chi connectivity index (χ0) is 45.0. The van der Waals surface area contributed by atoms with Crippen molar-refractivity contribution < 1.29 is 63.1 Å². The van der Waals surface area contributed by atoms with E-state index in [1.807, 2.05) is 0 Å². The number of ether oxygens (including phenoxy) is 2. The van der Waals surface area contributed by atoms with Gasteiger partial charge in [0, 0.05) is 12.8 Å². The average molecular weight is 891 g/mol. The second-order valence-electron chi connectivity index (χ2n) is 17.0. The Bertz CT molecular complexity index is 1170. The summed E-state index contributed by atoms with van der Waals surface area (Å²) in [5.41, 5.74) is 0. The highest BCUT2D eigenvalue weighted by atomic mass is 31.2. The number of carbonyl (C=O) groups is 2. The molecule has 1 aliphatic carbocycles. The molecule has 0 aromatic carbocycles. The molecule has 0 amide bonds.